The van der Waals surface area contributed by atoms with E-state index in [1.165, 1.54) is 6.20 Å². The van der Waals surface area contributed by atoms with Gasteiger partial charge in [0, 0.05) is 18.3 Å². The van der Waals surface area contributed by atoms with Crippen molar-refractivity contribution in [2.45, 2.75) is 0 Å². The van der Waals surface area contributed by atoms with E-state index in [2.05, 4.69) is 35.7 Å². The second-order valence-electron chi connectivity index (χ2n) is 4.86. The normalized spacial score (nSPS) is 10.6. The first-order chi connectivity index (χ1) is 12.6. The van der Waals surface area contributed by atoms with Gasteiger partial charge in [0.15, 0.2) is 0 Å². The number of carbonyl (C=O) groups is 2. The van der Waals surface area contributed by atoms with Crippen molar-refractivity contribution in [3.05, 3.63) is 54.9 Å². The van der Waals surface area contributed by atoms with Gasteiger partial charge in [0.2, 0.25) is 17.6 Å². The van der Waals surface area contributed by atoms with Gasteiger partial charge in [0.05, 0.1) is 11.9 Å². The van der Waals surface area contributed by atoms with Gasteiger partial charge in [0.1, 0.15) is 11.4 Å². The Labute approximate surface area is 146 Å². The Morgan fingerprint density at radius 3 is 2.12 bits per heavy atom. The zero-order valence-electron chi connectivity index (χ0n) is 13.1. The summed E-state index contributed by atoms with van der Waals surface area (Å²) in [6, 6.07) is 8.48. The molecule has 0 unspecified atom stereocenters. The molecule has 0 saturated heterocycles. The highest BCUT2D eigenvalue weighted by Crippen LogP contribution is 2.15. The fourth-order valence-electron chi connectivity index (χ4n) is 1.86. The van der Waals surface area contributed by atoms with Crippen LogP contribution >= 0.6 is 0 Å². The van der Waals surface area contributed by atoms with Crippen molar-refractivity contribution >= 4 is 17.6 Å². The fourth-order valence-corrected chi connectivity index (χ4v) is 1.86. The van der Waals surface area contributed by atoms with Crippen LogP contribution in [0, 0.1) is 0 Å². The van der Waals surface area contributed by atoms with Crippen LogP contribution < -0.4 is 5.32 Å². The van der Waals surface area contributed by atoms with Gasteiger partial charge in [-0.3, -0.25) is 14.8 Å². The lowest BCUT2D eigenvalue weighted by atomic mass is 10.3. The molecule has 0 bridgehead atoms. The van der Waals surface area contributed by atoms with Crippen LogP contribution in [0.4, 0.5) is 5.69 Å². The van der Waals surface area contributed by atoms with Crippen molar-refractivity contribution < 1.29 is 14.7 Å². The first-order valence-electron chi connectivity index (χ1n) is 7.29. The highest BCUT2D eigenvalue weighted by atomic mass is 16.4. The Bertz CT molecular complexity index is 942. The number of hydrogen-bond acceptors (Lipinski definition) is 8. The second kappa shape index (κ2) is 7.66. The highest BCUT2D eigenvalue weighted by molar-refractivity contribution is 6.02. The Hall–Kier alpha value is -4.08. The molecule has 0 aliphatic carbocycles. The molecule has 0 aliphatic heterocycles. The summed E-state index contributed by atoms with van der Waals surface area (Å²) in [5.41, 5.74) is 1.36. The quantitative estimate of drug-likeness (QED) is 0.644. The number of nitrogens with one attached hydrogen (secondary N) is 1. The molecule has 3 aromatic rings. The van der Waals surface area contributed by atoms with E-state index >= 15 is 0 Å². The maximum Gasteiger partial charge on any atom is 0.328 e. The number of amides is 1. The number of carboxylic acid groups (broad SMARTS) is 1. The van der Waals surface area contributed by atoms with E-state index in [9.17, 15) is 9.59 Å². The molecule has 0 fully saturated rings. The summed E-state index contributed by atoms with van der Waals surface area (Å²) >= 11 is 0. The lowest BCUT2D eigenvalue weighted by Gasteiger charge is -2.03. The summed E-state index contributed by atoms with van der Waals surface area (Å²) in [5.74, 6) is -1.28. The molecule has 0 saturated carbocycles. The van der Waals surface area contributed by atoms with Crippen molar-refractivity contribution in [3.63, 3.8) is 0 Å². The molecule has 3 aromatic heterocycles. The van der Waals surface area contributed by atoms with Gasteiger partial charge < -0.3 is 10.4 Å². The zero-order chi connectivity index (χ0) is 18.4. The maximum absolute atomic E-state index is 11.5. The fraction of sp³-hybridized carbons (Fsp3) is 0. The van der Waals surface area contributed by atoms with E-state index in [4.69, 9.17) is 5.11 Å². The van der Waals surface area contributed by atoms with E-state index in [0.29, 0.717) is 22.9 Å². The van der Waals surface area contributed by atoms with E-state index in [-0.39, 0.29) is 5.82 Å². The average molecular weight is 349 g/mol. The number of nitrogens with zero attached hydrogens (tertiary/aromatic N) is 6. The molecule has 0 atom stereocenters. The van der Waals surface area contributed by atoms with Crippen molar-refractivity contribution in [1.82, 2.24) is 30.4 Å². The smallest absolute Gasteiger partial charge is 0.328 e. The molecule has 128 valence electrons. The molecule has 0 aromatic carbocycles. The van der Waals surface area contributed by atoms with Crippen LogP contribution in [-0.2, 0) is 9.59 Å². The molecule has 1 amide bonds. The lowest BCUT2D eigenvalue weighted by molar-refractivity contribution is -0.131. The zero-order valence-corrected chi connectivity index (χ0v) is 13.1. The molecule has 3 rings (SSSR count). The minimum absolute atomic E-state index is 0.216. The molecule has 3 heterocycles. The van der Waals surface area contributed by atoms with Gasteiger partial charge in [-0.15, -0.1) is 20.4 Å². The SMILES string of the molecule is O=C(O)/C=C\C(=O)Nc1ccc(-c2nnc(-c3ccccn3)nn2)nc1. The van der Waals surface area contributed by atoms with Gasteiger partial charge >= 0.3 is 5.97 Å². The summed E-state index contributed by atoms with van der Waals surface area (Å²) in [7, 11) is 0. The second-order valence-corrected chi connectivity index (χ2v) is 4.86. The third kappa shape index (κ3) is 4.26. The maximum atomic E-state index is 11.5. The monoisotopic (exact) mass is 349 g/mol. The number of rotatable bonds is 5. The van der Waals surface area contributed by atoms with E-state index < -0.39 is 11.9 Å². The Kier molecular flexibility index (Phi) is 4.94. The van der Waals surface area contributed by atoms with Crippen LogP contribution in [-0.4, -0.2) is 47.3 Å². The summed E-state index contributed by atoms with van der Waals surface area (Å²) in [6.07, 6.45) is 4.65. The molecule has 10 heteroatoms. The van der Waals surface area contributed by atoms with Gasteiger partial charge in [-0.1, -0.05) is 6.07 Å². The summed E-state index contributed by atoms with van der Waals surface area (Å²) < 4.78 is 0. The Balaban J connectivity index is 1.70. The van der Waals surface area contributed by atoms with Crippen molar-refractivity contribution in [3.8, 4) is 23.0 Å². The predicted octanol–water partition coefficient (Wildman–Crippen LogP) is 0.970. The van der Waals surface area contributed by atoms with E-state index in [1.54, 1.807) is 36.5 Å². The largest absolute Gasteiger partial charge is 0.478 e. The minimum Gasteiger partial charge on any atom is -0.478 e. The summed E-state index contributed by atoms with van der Waals surface area (Å²) in [4.78, 5) is 30.1. The number of carboxylic acids is 1. The standard InChI is InChI=1S/C16H11N7O3/c24-13(6-7-14(25)26)19-10-4-5-12(18-9-10)16-22-20-15(21-23-16)11-3-1-2-8-17-11/h1-9H,(H,19,24)(H,25,26)/b7-6-. The summed E-state index contributed by atoms with van der Waals surface area (Å²) in [6.45, 7) is 0. The molecule has 2 N–H and O–H groups in total. The van der Waals surface area contributed by atoms with Crippen LogP contribution in [0.2, 0.25) is 0 Å². The third-order valence-electron chi connectivity index (χ3n) is 3.01. The average Bonchev–Trinajstić information content (AvgIpc) is 2.68. The van der Waals surface area contributed by atoms with Crippen LogP contribution in [0.25, 0.3) is 23.0 Å². The molecular formula is C16H11N7O3. The van der Waals surface area contributed by atoms with Crippen LogP contribution in [0.3, 0.4) is 0 Å². The number of aliphatic carboxylic acids is 1. The minimum atomic E-state index is -1.21. The van der Waals surface area contributed by atoms with Gasteiger partial charge in [-0.05, 0) is 24.3 Å². The Morgan fingerprint density at radius 1 is 0.885 bits per heavy atom. The topological polar surface area (TPSA) is 144 Å². The van der Waals surface area contributed by atoms with Gasteiger partial charge in [0.25, 0.3) is 0 Å². The molecule has 10 nitrogen and oxygen atoms in total. The van der Waals surface area contributed by atoms with Crippen molar-refractivity contribution in [2.75, 3.05) is 5.32 Å². The van der Waals surface area contributed by atoms with Crippen LogP contribution in [0.5, 0.6) is 0 Å². The summed E-state index contributed by atoms with van der Waals surface area (Å²) in [5, 5.41) is 26.9. The van der Waals surface area contributed by atoms with Gasteiger partial charge in [-0.2, -0.15) is 0 Å². The van der Waals surface area contributed by atoms with Crippen molar-refractivity contribution in [2.24, 2.45) is 0 Å². The molecule has 0 aliphatic rings. The van der Waals surface area contributed by atoms with E-state index in [0.717, 1.165) is 12.2 Å². The molecule has 0 radical (unpaired) electrons. The van der Waals surface area contributed by atoms with E-state index in [1.807, 2.05) is 0 Å². The van der Waals surface area contributed by atoms with Crippen LogP contribution in [0.15, 0.2) is 54.9 Å². The number of anilines is 1. The number of hydrogen-bond donors (Lipinski definition) is 2. The Morgan fingerprint density at radius 2 is 1.58 bits per heavy atom. The van der Waals surface area contributed by atoms with Crippen LogP contribution in [0.1, 0.15) is 0 Å². The number of pyridine rings is 2. The molecular weight excluding hydrogens is 338 g/mol. The predicted molar refractivity (Wildman–Crippen MR) is 89.5 cm³/mol. The first kappa shape index (κ1) is 16.8. The van der Waals surface area contributed by atoms with Crippen molar-refractivity contribution in [1.29, 1.82) is 0 Å². The number of aromatic nitrogens is 6. The first-order valence-corrected chi connectivity index (χ1v) is 7.29. The van der Waals surface area contributed by atoms with Gasteiger partial charge in [-0.25, -0.2) is 4.79 Å². The third-order valence-corrected chi connectivity index (χ3v) is 3.01. The highest BCUT2D eigenvalue weighted by Gasteiger charge is 2.08. The molecule has 26 heavy (non-hydrogen) atoms. The lowest BCUT2D eigenvalue weighted by Crippen LogP contribution is -2.09. The molecule has 0 spiro atoms. The number of carbonyl (C=O) groups excluding carboxylic acids is 1.